The number of allylic oxidation sites excluding steroid dienone is 1. The summed E-state index contributed by atoms with van der Waals surface area (Å²) < 4.78 is 5.23. The van der Waals surface area contributed by atoms with Crippen molar-refractivity contribution in [1.82, 2.24) is 0 Å². The van der Waals surface area contributed by atoms with Crippen LogP contribution in [-0.4, -0.2) is 23.9 Å². The lowest BCUT2D eigenvalue weighted by molar-refractivity contribution is 0.102. The largest absolute Gasteiger partial charge is 0.507 e. The molecule has 3 rings (SSSR count). The smallest absolute Gasteiger partial charge is 0.255 e. The first kappa shape index (κ1) is 19.9. The third-order valence-electron chi connectivity index (χ3n) is 4.37. The number of carbonyl (C=O) groups is 2. The van der Waals surface area contributed by atoms with Gasteiger partial charge in [0.1, 0.15) is 11.5 Å². The van der Waals surface area contributed by atoms with E-state index in [0.717, 1.165) is 11.1 Å². The molecule has 0 fully saturated rings. The van der Waals surface area contributed by atoms with Crippen LogP contribution in [0.3, 0.4) is 0 Å². The zero-order valence-electron chi connectivity index (χ0n) is 16.2. The lowest BCUT2D eigenvalue weighted by atomic mass is 10.0. The lowest BCUT2D eigenvalue weighted by Gasteiger charge is -2.09. The quantitative estimate of drug-likeness (QED) is 0.468. The van der Waals surface area contributed by atoms with Gasteiger partial charge in [-0.25, -0.2) is 0 Å². The Morgan fingerprint density at radius 3 is 2.45 bits per heavy atom. The van der Waals surface area contributed by atoms with Crippen LogP contribution in [0.2, 0.25) is 0 Å². The standard InChI is InChI=1S/C24H21NO4/c1-16-7-13-21(26)19(15-16)22(27)14-10-17-8-11-18(12-9-17)24(28)25-20-5-3-4-6-23(20)29-2/h3-15,26H,1-2H3,(H,25,28)/b14-10+. The molecular weight excluding hydrogens is 366 g/mol. The predicted octanol–water partition coefficient (Wildman–Crippen LogP) is 4.86. The van der Waals surface area contributed by atoms with Crippen LogP contribution in [0.4, 0.5) is 5.69 Å². The molecular formula is C24H21NO4. The van der Waals surface area contributed by atoms with E-state index in [1.54, 1.807) is 61.7 Å². The van der Waals surface area contributed by atoms with E-state index in [-0.39, 0.29) is 23.0 Å². The number of phenolic OH excluding ortho intramolecular Hbond substituents is 1. The number of amides is 1. The molecule has 0 atom stereocenters. The summed E-state index contributed by atoms with van der Waals surface area (Å²) in [6.07, 6.45) is 3.05. The number of hydrogen-bond donors (Lipinski definition) is 2. The van der Waals surface area contributed by atoms with Gasteiger partial charge in [-0.3, -0.25) is 9.59 Å². The van der Waals surface area contributed by atoms with Gasteiger partial charge in [0.15, 0.2) is 5.78 Å². The second-order valence-corrected chi connectivity index (χ2v) is 6.49. The fraction of sp³-hybridized carbons (Fsp3) is 0.0833. The predicted molar refractivity (Wildman–Crippen MR) is 114 cm³/mol. The normalized spacial score (nSPS) is 10.7. The number of carbonyl (C=O) groups excluding carboxylic acids is 2. The fourth-order valence-corrected chi connectivity index (χ4v) is 2.80. The van der Waals surface area contributed by atoms with Gasteiger partial charge in [-0.2, -0.15) is 0 Å². The van der Waals surface area contributed by atoms with Gasteiger partial charge in [-0.1, -0.05) is 42.0 Å². The summed E-state index contributed by atoms with van der Waals surface area (Å²) in [5.74, 6) is -0.0121. The van der Waals surface area contributed by atoms with Gasteiger partial charge < -0.3 is 15.2 Å². The van der Waals surface area contributed by atoms with Crippen LogP contribution in [0.25, 0.3) is 6.08 Å². The molecule has 0 aliphatic carbocycles. The average Bonchev–Trinajstić information content (AvgIpc) is 2.74. The summed E-state index contributed by atoms with van der Waals surface area (Å²) in [5.41, 5.74) is 2.99. The molecule has 29 heavy (non-hydrogen) atoms. The fourth-order valence-electron chi connectivity index (χ4n) is 2.80. The second-order valence-electron chi connectivity index (χ2n) is 6.49. The summed E-state index contributed by atoms with van der Waals surface area (Å²) in [7, 11) is 1.55. The summed E-state index contributed by atoms with van der Waals surface area (Å²) >= 11 is 0. The van der Waals surface area contributed by atoms with Crippen LogP contribution >= 0.6 is 0 Å². The number of aromatic hydroxyl groups is 1. The highest BCUT2D eigenvalue weighted by Gasteiger charge is 2.10. The van der Waals surface area contributed by atoms with Gasteiger partial charge in [0.25, 0.3) is 5.91 Å². The molecule has 2 N–H and O–H groups in total. The number of hydrogen-bond acceptors (Lipinski definition) is 4. The van der Waals surface area contributed by atoms with Crippen molar-refractivity contribution in [2.45, 2.75) is 6.92 Å². The summed E-state index contributed by atoms with van der Waals surface area (Å²) in [6, 6.07) is 18.9. The maximum atomic E-state index is 12.4. The number of rotatable bonds is 6. The zero-order valence-corrected chi connectivity index (χ0v) is 16.2. The number of benzene rings is 3. The SMILES string of the molecule is COc1ccccc1NC(=O)c1ccc(/C=C/C(=O)c2cc(C)ccc2O)cc1. The van der Waals surface area contributed by atoms with Crippen molar-refractivity contribution in [3.05, 3.63) is 95.1 Å². The Balaban J connectivity index is 1.69. The van der Waals surface area contributed by atoms with Crippen molar-refractivity contribution in [1.29, 1.82) is 0 Å². The molecule has 0 unspecified atom stereocenters. The second kappa shape index (κ2) is 8.89. The van der Waals surface area contributed by atoms with Gasteiger partial charge >= 0.3 is 0 Å². The summed E-state index contributed by atoms with van der Waals surface area (Å²) in [6.45, 7) is 1.86. The number of phenols is 1. The third kappa shape index (κ3) is 4.90. The molecule has 0 aromatic heterocycles. The molecule has 3 aromatic carbocycles. The molecule has 0 saturated heterocycles. The minimum absolute atomic E-state index is 0.0476. The van der Waals surface area contributed by atoms with Crippen LogP contribution < -0.4 is 10.1 Å². The van der Waals surface area contributed by atoms with E-state index in [1.165, 1.54) is 12.1 Å². The maximum absolute atomic E-state index is 12.4. The number of ether oxygens (including phenoxy) is 1. The Morgan fingerprint density at radius 2 is 1.72 bits per heavy atom. The lowest BCUT2D eigenvalue weighted by Crippen LogP contribution is -2.12. The number of aryl methyl sites for hydroxylation is 1. The van der Waals surface area contributed by atoms with Crippen LogP contribution in [0.5, 0.6) is 11.5 Å². The molecule has 3 aromatic rings. The van der Waals surface area contributed by atoms with Crippen LogP contribution in [0.1, 0.15) is 31.8 Å². The zero-order chi connectivity index (χ0) is 20.8. The molecule has 5 nitrogen and oxygen atoms in total. The molecule has 1 amide bonds. The van der Waals surface area contributed by atoms with Crippen molar-refractivity contribution in [3.63, 3.8) is 0 Å². The molecule has 0 saturated carbocycles. The Morgan fingerprint density at radius 1 is 1.00 bits per heavy atom. The molecule has 0 aliphatic rings. The summed E-state index contributed by atoms with van der Waals surface area (Å²) in [5, 5.41) is 12.7. The minimum atomic E-state index is -0.288. The van der Waals surface area contributed by atoms with Crippen molar-refractivity contribution in [2.75, 3.05) is 12.4 Å². The number of ketones is 1. The van der Waals surface area contributed by atoms with Crippen LogP contribution in [-0.2, 0) is 0 Å². The Labute approximate surface area is 169 Å². The maximum Gasteiger partial charge on any atom is 0.255 e. The average molecular weight is 387 g/mol. The molecule has 0 heterocycles. The number of para-hydroxylation sites is 2. The topological polar surface area (TPSA) is 75.6 Å². The Hall–Kier alpha value is -3.86. The first-order valence-corrected chi connectivity index (χ1v) is 9.04. The van der Waals surface area contributed by atoms with E-state index in [2.05, 4.69) is 5.32 Å². The molecule has 5 heteroatoms. The van der Waals surface area contributed by atoms with Crippen LogP contribution in [0, 0.1) is 6.92 Å². The molecule has 0 radical (unpaired) electrons. The third-order valence-corrected chi connectivity index (χ3v) is 4.37. The van der Waals surface area contributed by atoms with Gasteiger partial charge in [0, 0.05) is 5.56 Å². The van der Waals surface area contributed by atoms with E-state index >= 15 is 0 Å². The van der Waals surface area contributed by atoms with E-state index in [9.17, 15) is 14.7 Å². The van der Waals surface area contributed by atoms with Gasteiger partial charge in [-0.05, 0) is 55.0 Å². The van der Waals surface area contributed by atoms with Gasteiger partial charge in [-0.15, -0.1) is 0 Å². The van der Waals surface area contributed by atoms with E-state index in [4.69, 9.17) is 4.74 Å². The van der Waals surface area contributed by atoms with E-state index in [0.29, 0.717) is 17.0 Å². The van der Waals surface area contributed by atoms with Crippen LogP contribution in [0.15, 0.2) is 72.8 Å². The highest BCUT2D eigenvalue weighted by molar-refractivity contribution is 6.09. The number of anilines is 1. The first-order chi connectivity index (χ1) is 14.0. The van der Waals surface area contributed by atoms with E-state index < -0.39 is 0 Å². The molecule has 0 spiro atoms. The van der Waals surface area contributed by atoms with E-state index in [1.807, 2.05) is 19.1 Å². The Kier molecular flexibility index (Phi) is 6.09. The molecule has 0 aliphatic heterocycles. The highest BCUT2D eigenvalue weighted by Crippen LogP contribution is 2.24. The van der Waals surface area contributed by atoms with Gasteiger partial charge in [0.2, 0.25) is 0 Å². The van der Waals surface area contributed by atoms with Crippen molar-refractivity contribution >= 4 is 23.5 Å². The Bertz CT molecular complexity index is 1070. The highest BCUT2D eigenvalue weighted by atomic mass is 16.5. The molecule has 0 bridgehead atoms. The monoisotopic (exact) mass is 387 g/mol. The minimum Gasteiger partial charge on any atom is -0.507 e. The van der Waals surface area contributed by atoms with Gasteiger partial charge in [0.05, 0.1) is 18.4 Å². The first-order valence-electron chi connectivity index (χ1n) is 9.04. The number of nitrogens with one attached hydrogen (secondary N) is 1. The summed E-state index contributed by atoms with van der Waals surface area (Å²) in [4.78, 5) is 24.8. The van der Waals surface area contributed by atoms with Crippen molar-refractivity contribution < 1.29 is 19.4 Å². The molecule has 146 valence electrons. The number of methoxy groups -OCH3 is 1. The van der Waals surface area contributed by atoms with Crippen molar-refractivity contribution in [3.8, 4) is 11.5 Å². The van der Waals surface area contributed by atoms with Crippen molar-refractivity contribution in [2.24, 2.45) is 0 Å².